The van der Waals surface area contributed by atoms with Crippen LogP contribution < -0.4 is 0 Å². The monoisotopic (exact) mass is 721 g/mol. The van der Waals surface area contributed by atoms with Gasteiger partial charge in [0.2, 0.25) is 0 Å². The molecule has 0 aromatic heterocycles. The number of rotatable bonds is 6. The summed E-state index contributed by atoms with van der Waals surface area (Å²) in [7, 11) is 0. The van der Waals surface area contributed by atoms with Gasteiger partial charge in [0.05, 0.1) is 19.3 Å². The summed E-state index contributed by atoms with van der Waals surface area (Å²) >= 11 is 0. The van der Waals surface area contributed by atoms with Crippen LogP contribution in [0.3, 0.4) is 0 Å². The number of fused-ring (bicyclic) bond motifs is 9. The highest BCUT2D eigenvalue weighted by Crippen LogP contribution is 2.70. The topological polar surface area (TPSA) is 182 Å². The number of allylic oxidation sites excluding steroid dienone is 1. The van der Waals surface area contributed by atoms with E-state index in [4.69, 9.17) is 18.9 Å². The van der Waals surface area contributed by atoms with E-state index in [1.54, 1.807) is 0 Å². The molecule has 4 heterocycles. The Hall–Kier alpha value is -0.740. The Labute approximate surface area is 302 Å². The SMILES string of the molecule is C[C@H]1CC[C@@H]2[C@@H](C)[C@H]3[C@H](C[C@H]4[C@@H]5CC=C6C[C@@H](O[C@@H]7O[C@H](CO)[C@@H](O[C@@H]8O[C@H](CO)[C@@H](O)[C@H](O)[C@H]8O)[C@H](O)[C@H]7O)CC[C@]6(C)[C@H]5CC[C@]34C)N2C1. The molecule has 51 heavy (non-hydrogen) atoms. The van der Waals surface area contributed by atoms with Gasteiger partial charge in [0.25, 0.3) is 0 Å². The Balaban J connectivity index is 0.924. The number of ether oxygens (including phenoxy) is 4. The van der Waals surface area contributed by atoms with Gasteiger partial charge in [-0.2, -0.15) is 0 Å². The van der Waals surface area contributed by atoms with Gasteiger partial charge in [-0.15, -0.1) is 0 Å². The number of hydrogen-bond acceptors (Lipinski definition) is 12. The number of aliphatic hydroxyl groups excluding tert-OH is 7. The van der Waals surface area contributed by atoms with E-state index < -0.39 is 74.6 Å². The van der Waals surface area contributed by atoms with E-state index in [1.165, 1.54) is 44.2 Å². The molecule has 8 rings (SSSR count). The van der Waals surface area contributed by atoms with Crippen LogP contribution in [0.15, 0.2) is 11.6 Å². The Bertz CT molecular complexity index is 1300. The van der Waals surface area contributed by atoms with Gasteiger partial charge in [-0.1, -0.05) is 39.3 Å². The highest BCUT2D eigenvalue weighted by atomic mass is 16.7. The highest BCUT2D eigenvalue weighted by Gasteiger charge is 2.66. The van der Waals surface area contributed by atoms with Crippen LogP contribution >= 0.6 is 0 Å². The van der Waals surface area contributed by atoms with Crippen molar-refractivity contribution in [2.75, 3.05) is 19.8 Å². The lowest BCUT2D eigenvalue weighted by Crippen LogP contribution is -2.65. The number of piperidine rings is 1. The average Bonchev–Trinajstić information content (AvgIpc) is 3.58. The molecule has 0 bridgehead atoms. The van der Waals surface area contributed by atoms with Crippen molar-refractivity contribution in [1.29, 1.82) is 0 Å². The van der Waals surface area contributed by atoms with Crippen LogP contribution in [0.4, 0.5) is 0 Å². The van der Waals surface area contributed by atoms with Gasteiger partial charge in [-0.05, 0) is 104 Å². The molecule has 12 heteroatoms. The first-order valence-corrected chi connectivity index (χ1v) is 20.0. The third-order valence-corrected chi connectivity index (χ3v) is 16.0. The van der Waals surface area contributed by atoms with E-state index in [9.17, 15) is 35.7 Å². The molecule has 4 aliphatic carbocycles. The summed E-state index contributed by atoms with van der Waals surface area (Å²) in [5.74, 6) is 4.51. The first-order valence-electron chi connectivity index (χ1n) is 20.0. The van der Waals surface area contributed by atoms with E-state index in [2.05, 4.69) is 38.7 Å². The second kappa shape index (κ2) is 13.8. The predicted molar refractivity (Wildman–Crippen MR) is 184 cm³/mol. The lowest BCUT2D eigenvalue weighted by atomic mass is 9.47. The second-order valence-electron chi connectivity index (χ2n) is 18.4. The third-order valence-electron chi connectivity index (χ3n) is 16.0. The van der Waals surface area contributed by atoms with E-state index in [0.717, 1.165) is 61.4 Å². The minimum Gasteiger partial charge on any atom is -0.394 e. The first-order chi connectivity index (χ1) is 24.3. The van der Waals surface area contributed by atoms with Gasteiger partial charge >= 0.3 is 0 Å². The van der Waals surface area contributed by atoms with Gasteiger partial charge < -0.3 is 54.7 Å². The van der Waals surface area contributed by atoms with E-state index in [0.29, 0.717) is 17.3 Å². The van der Waals surface area contributed by atoms with Crippen molar-refractivity contribution in [3.63, 3.8) is 0 Å². The minimum atomic E-state index is -1.71. The Morgan fingerprint density at radius 1 is 0.784 bits per heavy atom. The van der Waals surface area contributed by atoms with E-state index in [1.807, 2.05) is 0 Å². The molecule has 3 saturated carbocycles. The fourth-order valence-electron chi connectivity index (χ4n) is 13.3. The van der Waals surface area contributed by atoms with Crippen LogP contribution in [-0.4, -0.2) is 140 Å². The molecule has 4 aliphatic heterocycles. The molecule has 21 atom stereocenters. The molecular formula is C39H63NO11. The number of aliphatic hydroxyl groups is 7. The summed E-state index contributed by atoms with van der Waals surface area (Å²) in [6.45, 7) is 10.2. The summed E-state index contributed by atoms with van der Waals surface area (Å²) in [4.78, 5) is 2.96. The lowest BCUT2D eigenvalue weighted by Gasteiger charge is -2.58. The Kier molecular flexibility index (Phi) is 10.0. The third kappa shape index (κ3) is 5.84. The fourth-order valence-corrected chi connectivity index (χ4v) is 13.3. The Morgan fingerprint density at radius 2 is 1.49 bits per heavy atom. The largest absolute Gasteiger partial charge is 0.394 e. The van der Waals surface area contributed by atoms with Crippen LogP contribution in [0.2, 0.25) is 0 Å². The fraction of sp³-hybridized carbons (Fsp3) is 0.949. The summed E-state index contributed by atoms with van der Waals surface area (Å²) in [6.07, 6.45) is -1.93. The van der Waals surface area contributed by atoms with Gasteiger partial charge in [-0.25, -0.2) is 0 Å². The van der Waals surface area contributed by atoms with Crippen molar-refractivity contribution in [2.24, 2.45) is 46.3 Å². The number of hydrogen-bond donors (Lipinski definition) is 7. The van der Waals surface area contributed by atoms with Gasteiger partial charge in [0, 0.05) is 18.6 Å². The molecule has 7 N–H and O–H groups in total. The quantitative estimate of drug-likeness (QED) is 0.196. The number of nitrogens with zero attached hydrogens (tertiary/aromatic N) is 1. The molecule has 290 valence electrons. The summed E-state index contributed by atoms with van der Waals surface area (Å²) in [6, 6.07) is 1.52. The standard InChI is InChI=1S/C39H63NO11/c1-18-5-8-25-19(2)29-26(40(25)15-18)14-24-22-7-6-20-13-21(9-11-38(20,3)23(22)10-12-39(24,29)4)48-36-34(47)32(45)35(28(17-42)50-36)51-37-33(46)31(44)30(43)27(16-41)49-37/h6,18-19,21-37,41-47H,5,7-17H2,1-4H3/t18-,19+,21-,22+,23-,24-,25+,26-,27+,28+,29-,30+,31-,32+,33+,34+,35+,36+,37-,38-,39-/m0/s1. The van der Waals surface area contributed by atoms with Gasteiger partial charge in [0.1, 0.15) is 48.8 Å². The second-order valence-corrected chi connectivity index (χ2v) is 18.4. The first kappa shape index (κ1) is 37.2. The zero-order valence-electron chi connectivity index (χ0n) is 30.7. The molecule has 0 unspecified atom stereocenters. The van der Waals surface area contributed by atoms with Gasteiger partial charge in [0.15, 0.2) is 12.6 Å². The molecule has 0 aromatic rings. The highest BCUT2D eigenvalue weighted by molar-refractivity contribution is 5.27. The molecule has 0 spiro atoms. The molecule has 0 amide bonds. The molecular weight excluding hydrogens is 658 g/mol. The predicted octanol–water partition coefficient (Wildman–Crippen LogP) is 1.30. The van der Waals surface area contributed by atoms with Crippen molar-refractivity contribution in [3.05, 3.63) is 11.6 Å². The minimum absolute atomic E-state index is 0.110. The van der Waals surface area contributed by atoms with Crippen LogP contribution in [0.5, 0.6) is 0 Å². The summed E-state index contributed by atoms with van der Waals surface area (Å²) in [5, 5.41) is 72.8. The molecule has 8 aliphatic rings. The van der Waals surface area contributed by atoms with Crippen molar-refractivity contribution >= 4 is 0 Å². The van der Waals surface area contributed by atoms with Crippen molar-refractivity contribution in [3.8, 4) is 0 Å². The normalized spacial score (nSPS) is 57.1. The van der Waals surface area contributed by atoms with Crippen molar-refractivity contribution in [1.82, 2.24) is 4.90 Å². The van der Waals surface area contributed by atoms with Crippen molar-refractivity contribution < 1.29 is 54.7 Å². The van der Waals surface area contributed by atoms with Crippen molar-refractivity contribution in [2.45, 2.75) is 165 Å². The molecule has 12 nitrogen and oxygen atoms in total. The average molecular weight is 722 g/mol. The van der Waals surface area contributed by atoms with E-state index in [-0.39, 0.29) is 11.5 Å². The van der Waals surface area contributed by atoms with Crippen LogP contribution in [0.1, 0.15) is 85.5 Å². The van der Waals surface area contributed by atoms with Crippen LogP contribution in [0, 0.1) is 46.3 Å². The molecule has 0 radical (unpaired) electrons. The van der Waals surface area contributed by atoms with E-state index >= 15 is 0 Å². The van der Waals surface area contributed by atoms with Gasteiger partial charge in [-0.3, -0.25) is 4.90 Å². The molecule has 4 saturated heterocycles. The lowest BCUT2D eigenvalue weighted by molar-refractivity contribution is -0.363. The Morgan fingerprint density at radius 3 is 2.24 bits per heavy atom. The molecule has 0 aromatic carbocycles. The van der Waals surface area contributed by atoms with Crippen LogP contribution in [-0.2, 0) is 18.9 Å². The smallest absolute Gasteiger partial charge is 0.187 e. The molecule has 7 fully saturated rings. The zero-order chi connectivity index (χ0) is 36.1. The maximum atomic E-state index is 11.1. The maximum absolute atomic E-state index is 11.1. The zero-order valence-corrected chi connectivity index (χ0v) is 30.7. The summed E-state index contributed by atoms with van der Waals surface area (Å²) in [5.41, 5.74) is 1.96. The maximum Gasteiger partial charge on any atom is 0.187 e. The van der Waals surface area contributed by atoms with Crippen LogP contribution in [0.25, 0.3) is 0 Å². The summed E-state index contributed by atoms with van der Waals surface area (Å²) < 4.78 is 23.5.